The number of nitrogens with zero attached hydrogens (tertiary/aromatic N) is 3. The summed E-state index contributed by atoms with van der Waals surface area (Å²) in [5.74, 6) is -0.659. The molecule has 0 bridgehead atoms. The van der Waals surface area contributed by atoms with Crippen LogP contribution in [0.25, 0.3) is 11.1 Å². The highest BCUT2D eigenvalue weighted by Gasteiger charge is 2.23. The minimum Gasteiger partial charge on any atom is -0.493 e. The average Bonchev–Trinajstić information content (AvgIpc) is 2.89. The Morgan fingerprint density at radius 3 is 2.49 bits per heavy atom. The Morgan fingerprint density at radius 1 is 1.05 bits per heavy atom. The van der Waals surface area contributed by atoms with Gasteiger partial charge >= 0.3 is 0 Å². The Morgan fingerprint density at radius 2 is 1.81 bits per heavy atom. The van der Waals surface area contributed by atoms with E-state index >= 15 is 0 Å². The predicted octanol–water partition coefficient (Wildman–Crippen LogP) is 6.53. The normalized spacial score (nSPS) is 12.0. The van der Waals surface area contributed by atoms with Crippen molar-refractivity contribution in [2.75, 3.05) is 0 Å². The second kappa shape index (κ2) is 11.5. The van der Waals surface area contributed by atoms with Gasteiger partial charge in [0.1, 0.15) is 11.6 Å². The van der Waals surface area contributed by atoms with Crippen molar-refractivity contribution in [1.29, 1.82) is 0 Å². The number of benzene rings is 2. The molecule has 2 aromatic heterocycles. The molecule has 0 amide bonds. The lowest BCUT2D eigenvalue weighted by Crippen LogP contribution is -2.32. The number of aromatic hydroxyl groups is 1. The van der Waals surface area contributed by atoms with Crippen molar-refractivity contribution in [3.05, 3.63) is 111 Å². The quantitative estimate of drug-likeness (QED) is 0.264. The zero-order valence-corrected chi connectivity index (χ0v) is 21.3. The first kappa shape index (κ1) is 26.2. The van der Waals surface area contributed by atoms with E-state index in [1.165, 1.54) is 18.3 Å². The lowest BCUT2D eigenvalue weighted by atomic mass is 9.98. The van der Waals surface area contributed by atoms with Gasteiger partial charge in [0, 0.05) is 24.6 Å². The number of aromatic nitrogens is 3. The van der Waals surface area contributed by atoms with E-state index in [1.807, 2.05) is 44.2 Å². The van der Waals surface area contributed by atoms with Gasteiger partial charge in [0.2, 0.25) is 11.8 Å². The van der Waals surface area contributed by atoms with Gasteiger partial charge in [0.25, 0.3) is 5.56 Å². The van der Waals surface area contributed by atoms with Gasteiger partial charge in [-0.15, -0.1) is 0 Å². The summed E-state index contributed by atoms with van der Waals surface area (Å²) in [4.78, 5) is 22.0. The number of hydrogen-bond acceptors (Lipinski definition) is 4. The molecule has 0 aliphatic rings. The maximum atomic E-state index is 14.0. The number of pyridine rings is 1. The Balaban J connectivity index is 1.74. The minimum absolute atomic E-state index is 0.176. The minimum atomic E-state index is -0.509. The number of halogens is 2. The molecular formula is C30H31F2N3O2. The molecule has 1 atom stereocenters. The van der Waals surface area contributed by atoms with Crippen molar-refractivity contribution in [2.24, 2.45) is 0 Å². The van der Waals surface area contributed by atoms with Crippen LogP contribution in [0.1, 0.15) is 67.2 Å². The first-order chi connectivity index (χ1) is 17.8. The smallest absolute Gasteiger partial charge is 0.261 e. The monoisotopic (exact) mass is 503 g/mol. The van der Waals surface area contributed by atoms with E-state index in [0.717, 1.165) is 29.5 Å². The molecule has 0 saturated heterocycles. The molecule has 2 heterocycles. The first-order valence-electron chi connectivity index (χ1n) is 12.6. The van der Waals surface area contributed by atoms with Crippen molar-refractivity contribution in [3.63, 3.8) is 0 Å². The fraction of sp³-hybridized carbons (Fsp3) is 0.300. The molecule has 5 nitrogen and oxygen atoms in total. The van der Waals surface area contributed by atoms with Crippen LogP contribution in [-0.4, -0.2) is 19.6 Å². The van der Waals surface area contributed by atoms with E-state index in [2.05, 4.69) is 9.97 Å². The highest BCUT2D eigenvalue weighted by Crippen LogP contribution is 2.27. The maximum Gasteiger partial charge on any atom is 0.261 e. The zero-order chi connectivity index (χ0) is 26.5. The molecule has 0 spiro atoms. The van der Waals surface area contributed by atoms with Crippen molar-refractivity contribution in [1.82, 2.24) is 14.5 Å². The van der Waals surface area contributed by atoms with Crippen LogP contribution in [0.4, 0.5) is 8.78 Å². The number of hydrogen-bond donors (Lipinski definition) is 1. The molecular weight excluding hydrogens is 472 g/mol. The molecule has 37 heavy (non-hydrogen) atoms. The molecule has 4 rings (SSSR count). The van der Waals surface area contributed by atoms with Crippen molar-refractivity contribution in [3.8, 4) is 17.0 Å². The highest BCUT2D eigenvalue weighted by atomic mass is 19.1. The summed E-state index contributed by atoms with van der Waals surface area (Å²) in [6, 6.07) is 15.0. The summed E-state index contributed by atoms with van der Waals surface area (Å²) in [5, 5.41) is 10.8. The predicted molar refractivity (Wildman–Crippen MR) is 141 cm³/mol. The molecule has 7 heteroatoms. The average molecular weight is 504 g/mol. The molecule has 0 aliphatic carbocycles. The van der Waals surface area contributed by atoms with Crippen LogP contribution in [0.15, 0.2) is 65.6 Å². The van der Waals surface area contributed by atoms with E-state index in [-0.39, 0.29) is 29.2 Å². The van der Waals surface area contributed by atoms with E-state index in [9.17, 15) is 18.7 Å². The van der Waals surface area contributed by atoms with Crippen molar-refractivity contribution >= 4 is 0 Å². The number of aryl methyl sites for hydroxylation is 1. The molecule has 4 aromatic rings. The van der Waals surface area contributed by atoms with E-state index < -0.39 is 12.0 Å². The van der Waals surface area contributed by atoms with Crippen LogP contribution in [0.2, 0.25) is 0 Å². The summed E-state index contributed by atoms with van der Waals surface area (Å²) < 4.78 is 29.6. The number of unbranched alkanes of at least 4 members (excludes halogenated alkanes) is 1. The first-order valence-corrected chi connectivity index (χ1v) is 12.6. The van der Waals surface area contributed by atoms with Gasteiger partial charge in [-0.25, -0.2) is 9.37 Å². The lowest BCUT2D eigenvalue weighted by molar-refractivity contribution is 0.420. The molecule has 2 aromatic carbocycles. The van der Waals surface area contributed by atoms with Gasteiger partial charge in [0.05, 0.1) is 11.6 Å². The van der Waals surface area contributed by atoms with Crippen LogP contribution in [-0.2, 0) is 12.8 Å². The maximum absolute atomic E-state index is 14.0. The van der Waals surface area contributed by atoms with Gasteiger partial charge in [-0.2, -0.15) is 9.37 Å². The third-order valence-corrected chi connectivity index (χ3v) is 6.73. The second-order valence-corrected chi connectivity index (χ2v) is 9.24. The fourth-order valence-electron chi connectivity index (χ4n) is 4.70. The van der Waals surface area contributed by atoms with Gasteiger partial charge in [-0.3, -0.25) is 9.36 Å². The van der Waals surface area contributed by atoms with Crippen LogP contribution in [0.3, 0.4) is 0 Å². The van der Waals surface area contributed by atoms with Gasteiger partial charge in [-0.05, 0) is 60.2 Å². The van der Waals surface area contributed by atoms with E-state index in [4.69, 9.17) is 0 Å². The Hall–Kier alpha value is -3.87. The molecule has 0 radical (unpaired) electrons. The summed E-state index contributed by atoms with van der Waals surface area (Å²) in [6.07, 6.45) is 4.41. The van der Waals surface area contributed by atoms with Crippen molar-refractivity contribution < 1.29 is 13.9 Å². The second-order valence-electron chi connectivity index (χ2n) is 9.24. The van der Waals surface area contributed by atoms with Gasteiger partial charge in [-0.1, -0.05) is 56.7 Å². The largest absolute Gasteiger partial charge is 0.493 e. The Kier molecular flexibility index (Phi) is 8.11. The zero-order valence-electron chi connectivity index (χ0n) is 21.3. The van der Waals surface area contributed by atoms with E-state index in [0.29, 0.717) is 29.8 Å². The standard InChI is InChI=1S/C30H31F2N3O2/c1-4-6-10-27-34-29(36)25(30(37)35(27)26(5-2)22-8-7-9-23(31)18-22)17-20-11-13-21(14-12-20)24-15-16-33-28(32)19(24)3/h7-9,11-16,18,26,36H,4-6,10,17H2,1-3H3/t26-/m0/s1. The summed E-state index contributed by atoms with van der Waals surface area (Å²) in [5.41, 5.74) is 3.38. The molecule has 1 N–H and O–H groups in total. The lowest BCUT2D eigenvalue weighted by Gasteiger charge is -2.23. The third-order valence-electron chi connectivity index (χ3n) is 6.73. The van der Waals surface area contributed by atoms with E-state index in [1.54, 1.807) is 23.6 Å². The van der Waals surface area contributed by atoms with Crippen LogP contribution < -0.4 is 5.56 Å². The molecule has 0 saturated carbocycles. The van der Waals surface area contributed by atoms with Crippen LogP contribution >= 0.6 is 0 Å². The number of rotatable bonds is 9. The van der Waals surface area contributed by atoms with Crippen LogP contribution in [0.5, 0.6) is 5.88 Å². The Bertz CT molecular complexity index is 1450. The topological polar surface area (TPSA) is 68.0 Å². The van der Waals surface area contributed by atoms with Gasteiger partial charge in [0.15, 0.2) is 0 Å². The fourth-order valence-corrected chi connectivity index (χ4v) is 4.70. The molecule has 0 fully saturated rings. The van der Waals surface area contributed by atoms with Crippen molar-refractivity contribution in [2.45, 2.75) is 58.9 Å². The summed E-state index contributed by atoms with van der Waals surface area (Å²) >= 11 is 0. The SMILES string of the molecule is CCCCc1nc(O)c(Cc2ccc(-c3ccnc(F)c3C)cc2)c(=O)n1[C@@H](CC)c1cccc(F)c1. The third kappa shape index (κ3) is 5.61. The van der Waals surface area contributed by atoms with Crippen LogP contribution in [0, 0.1) is 18.7 Å². The summed E-state index contributed by atoms with van der Waals surface area (Å²) in [7, 11) is 0. The summed E-state index contributed by atoms with van der Waals surface area (Å²) in [6.45, 7) is 5.67. The Labute approximate surface area is 215 Å². The highest BCUT2D eigenvalue weighted by molar-refractivity contribution is 5.66. The molecule has 192 valence electrons. The molecule has 0 unspecified atom stereocenters. The molecule has 0 aliphatic heterocycles. The van der Waals surface area contributed by atoms with Gasteiger partial charge < -0.3 is 5.11 Å².